The summed E-state index contributed by atoms with van der Waals surface area (Å²) in [7, 11) is -3.42. The van der Waals surface area contributed by atoms with Crippen LogP contribution in [0.3, 0.4) is 0 Å². The van der Waals surface area contributed by atoms with Gasteiger partial charge in [0.15, 0.2) is 0 Å². The van der Waals surface area contributed by atoms with Gasteiger partial charge in [-0.3, -0.25) is 14.3 Å². The van der Waals surface area contributed by atoms with Crippen LogP contribution in [0.5, 0.6) is 0 Å². The quantitative estimate of drug-likeness (QED) is 0.503. The van der Waals surface area contributed by atoms with Gasteiger partial charge in [0.1, 0.15) is 0 Å². The maximum Gasteiger partial charge on any atom is 0.255 e. The Morgan fingerprint density at radius 2 is 1.50 bits per heavy atom. The van der Waals surface area contributed by atoms with Crippen LogP contribution in [0.4, 0.5) is 11.4 Å². The van der Waals surface area contributed by atoms with Gasteiger partial charge in [-0.1, -0.05) is 42.5 Å². The molecule has 8 heteroatoms. The van der Waals surface area contributed by atoms with Crippen LogP contribution in [0.15, 0.2) is 72.8 Å². The van der Waals surface area contributed by atoms with Crippen LogP contribution in [-0.4, -0.2) is 26.5 Å². The van der Waals surface area contributed by atoms with E-state index in [4.69, 9.17) is 0 Å². The molecular formula is C24H25N3O4S. The van der Waals surface area contributed by atoms with Crippen molar-refractivity contribution >= 4 is 33.2 Å². The summed E-state index contributed by atoms with van der Waals surface area (Å²) in [5, 5.41) is 5.73. The number of para-hydroxylation sites is 1. The Balaban J connectivity index is 1.76. The number of aryl methyl sites for hydroxylation is 1. The molecule has 32 heavy (non-hydrogen) atoms. The molecule has 3 rings (SSSR count). The van der Waals surface area contributed by atoms with Crippen molar-refractivity contribution in [3.63, 3.8) is 0 Å². The van der Waals surface area contributed by atoms with Gasteiger partial charge in [-0.25, -0.2) is 8.42 Å². The number of rotatable bonds is 7. The molecule has 0 fully saturated rings. The van der Waals surface area contributed by atoms with E-state index in [1.54, 1.807) is 37.3 Å². The third-order valence-corrected chi connectivity index (χ3v) is 5.44. The summed E-state index contributed by atoms with van der Waals surface area (Å²) in [6.45, 7) is 3.60. The Morgan fingerprint density at radius 3 is 2.16 bits per heavy atom. The van der Waals surface area contributed by atoms with E-state index in [2.05, 4.69) is 15.4 Å². The van der Waals surface area contributed by atoms with Gasteiger partial charge in [0.05, 0.1) is 29.2 Å². The second-order valence-corrected chi connectivity index (χ2v) is 9.26. The molecular weight excluding hydrogens is 426 g/mol. The van der Waals surface area contributed by atoms with Gasteiger partial charge < -0.3 is 10.6 Å². The van der Waals surface area contributed by atoms with Gasteiger partial charge in [0.2, 0.25) is 10.0 Å². The highest BCUT2D eigenvalue weighted by molar-refractivity contribution is 7.92. The molecule has 3 N–H and O–H groups in total. The maximum atomic E-state index is 12.9. The van der Waals surface area contributed by atoms with Crippen molar-refractivity contribution in [2.75, 3.05) is 16.3 Å². The highest BCUT2D eigenvalue weighted by atomic mass is 32.2. The third kappa shape index (κ3) is 5.95. The molecule has 1 atom stereocenters. The van der Waals surface area contributed by atoms with Gasteiger partial charge >= 0.3 is 0 Å². The molecule has 0 aliphatic rings. The van der Waals surface area contributed by atoms with Crippen molar-refractivity contribution in [3.8, 4) is 0 Å². The third-order valence-electron chi connectivity index (χ3n) is 4.85. The van der Waals surface area contributed by atoms with Gasteiger partial charge in [0.25, 0.3) is 11.8 Å². The van der Waals surface area contributed by atoms with Crippen molar-refractivity contribution in [3.05, 3.63) is 95.1 Å². The highest BCUT2D eigenvalue weighted by Gasteiger charge is 2.17. The molecule has 0 radical (unpaired) electrons. The Kier molecular flexibility index (Phi) is 6.95. The fourth-order valence-electron chi connectivity index (χ4n) is 3.20. The first-order valence-corrected chi connectivity index (χ1v) is 11.9. The lowest BCUT2D eigenvalue weighted by atomic mass is 10.1. The van der Waals surface area contributed by atoms with E-state index < -0.39 is 15.9 Å². The first-order chi connectivity index (χ1) is 15.1. The number of carbonyl (C=O) groups excluding carboxylic acids is 2. The highest BCUT2D eigenvalue weighted by Crippen LogP contribution is 2.21. The molecule has 0 saturated heterocycles. The fourth-order valence-corrected chi connectivity index (χ4v) is 3.83. The molecule has 3 aromatic carbocycles. The fraction of sp³-hybridized carbons (Fsp3) is 0.167. The zero-order valence-corrected chi connectivity index (χ0v) is 18.9. The van der Waals surface area contributed by atoms with E-state index in [0.29, 0.717) is 28.1 Å². The number of hydrogen-bond donors (Lipinski definition) is 3. The van der Waals surface area contributed by atoms with Crippen molar-refractivity contribution in [1.82, 2.24) is 5.32 Å². The second kappa shape index (κ2) is 9.65. The van der Waals surface area contributed by atoms with Crippen LogP contribution >= 0.6 is 0 Å². The predicted molar refractivity (Wildman–Crippen MR) is 126 cm³/mol. The summed E-state index contributed by atoms with van der Waals surface area (Å²) in [5.74, 6) is -0.712. The molecule has 3 aromatic rings. The van der Waals surface area contributed by atoms with Crippen LogP contribution < -0.4 is 15.4 Å². The van der Waals surface area contributed by atoms with Crippen LogP contribution in [0.25, 0.3) is 0 Å². The average molecular weight is 452 g/mol. The Bertz CT molecular complexity index is 1240. The van der Waals surface area contributed by atoms with E-state index in [1.165, 1.54) is 12.1 Å². The van der Waals surface area contributed by atoms with Gasteiger partial charge in [-0.05, 0) is 55.3 Å². The van der Waals surface area contributed by atoms with E-state index in [0.717, 1.165) is 11.8 Å². The molecule has 0 saturated carbocycles. The lowest BCUT2D eigenvalue weighted by molar-refractivity contribution is 0.0940. The number of hydrogen-bond acceptors (Lipinski definition) is 4. The van der Waals surface area contributed by atoms with Crippen LogP contribution in [0.1, 0.15) is 44.8 Å². The summed E-state index contributed by atoms with van der Waals surface area (Å²) >= 11 is 0. The zero-order valence-electron chi connectivity index (χ0n) is 18.0. The summed E-state index contributed by atoms with van der Waals surface area (Å²) in [6.07, 6.45) is 1.06. The Labute approximate surface area is 187 Å². The number of carbonyl (C=O) groups is 2. The summed E-state index contributed by atoms with van der Waals surface area (Å²) in [4.78, 5) is 25.7. The molecule has 0 spiro atoms. The maximum absolute atomic E-state index is 12.9. The molecule has 0 aliphatic heterocycles. The van der Waals surface area contributed by atoms with E-state index >= 15 is 0 Å². The van der Waals surface area contributed by atoms with Crippen molar-refractivity contribution < 1.29 is 18.0 Å². The molecule has 0 aliphatic carbocycles. The molecule has 0 heterocycles. The number of nitrogens with one attached hydrogen (secondary N) is 3. The first-order valence-electron chi connectivity index (χ1n) is 9.98. The largest absolute Gasteiger partial charge is 0.345 e. The standard InChI is InChI=1S/C24H25N3O4S/c1-16-15-19(13-14-21(16)27-32(3,30)31)23(28)26-22-12-8-7-11-20(22)24(29)25-17(2)18-9-5-4-6-10-18/h4-15,17,27H,1-3H3,(H,25,29)(H,26,28)/t17-/m1/s1. The predicted octanol–water partition coefficient (Wildman–Crippen LogP) is 4.11. The lowest BCUT2D eigenvalue weighted by Crippen LogP contribution is -2.28. The van der Waals surface area contributed by atoms with Gasteiger partial charge in [-0.2, -0.15) is 0 Å². The van der Waals surface area contributed by atoms with Crippen LogP contribution in [-0.2, 0) is 10.0 Å². The van der Waals surface area contributed by atoms with E-state index in [-0.39, 0.29) is 11.9 Å². The monoisotopic (exact) mass is 451 g/mol. The van der Waals surface area contributed by atoms with Crippen LogP contribution in [0, 0.1) is 6.92 Å². The molecule has 0 unspecified atom stereocenters. The summed E-state index contributed by atoms with van der Waals surface area (Å²) < 4.78 is 25.3. The van der Waals surface area contributed by atoms with Gasteiger partial charge in [-0.15, -0.1) is 0 Å². The smallest absolute Gasteiger partial charge is 0.255 e. The SMILES string of the molecule is Cc1cc(C(=O)Nc2ccccc2C(=O)N[C@H](C)c2ccccc2)ccc1NS(C)(=O)=O. The minimum atomic E-state index is -3.42. The Hall–Kier alpha value is -3.65. The van der Waals surface area contributed by atoms with Crippen molar-refractivity contribution in [1.29, 1.82) is 0 Å². The van der Waals surface area contributed by atoms with E-state index in [9.17, 15) is 18.0 Å². The Morgan fingerprint density at radius 1 is 0.844 bits per heavy atom. The minimum absolute atomic E-state index is 0.204. The number of benzene rings is 3. The number of sulfonamides is 1. The number of amides is 2. The first kappa shape index (κ1) is 23.0. The molecule has 7 nitrogen and oxygen atoms in total. The summed E-state index contributed by atoms with van der Waals surface area (Å²) in [6, 6.07) is 20.8. The molecule has 166 valence electrons. The van der Waals surface area contributed by atoms with Gasteiger partial charge in [0, 0.05) is 5.56 Å². The van der Waals surface area contributed by atoms with E-state index in [1.807, 2.05) is 37.3 Å². The minimum Gasteiger partial charge on any atom is -0.345 e. The normalized spacial score (nSPS) is 12.0. The molecule has 0 bridgehead atoms. The van der Waals surface area contributed by atoms with Crippen LogP contribution in [0.2, 0.25) is 0 Å². The topological polar surface area (TPSA) is 104 Å². The number of anilines is 2. The summed E-state index contributed by atoms with van der Waals surface area (Å²) in [5.41, 5.74) is 3.04. The van der Waals surface area contributed by atoms with Crippen molar-refractivity contribution in [2.45, 2.75) is 19.9 Å². The lowest BCUT2D eigenvalue weighted by Gasteiger charge is -2.16. The average Bonchev–Trinajstić information content (AvgIpc) is 2.75. The van der Waals surface area contributed by atoms with Crippen molar-refractivity contribution in [2.24, 2.45) is 0 Å². The second-order valence-electron chi connectivity index (χ2n) is 7.51. The molecule has 2 amide bonds. The molecule has 0 aromatic heterocycles. The zero-order chi connectivity index (χ0) is 23.3.